The Hall–Kier alpha value is -0.620. The first kappa shape index (κ1) is 21.1. The molecule has 144 valence electrons. The molecule has 1 atom stereocenters. The first-order valence-corrected chi connectivity index (χ1v) is 10.9. The van der Waals surface area contributed by atoms with Gasteiger partial charge in [-0.1, -0.05) is 58.5 Å². The van der Waals surface area contributed by atoms with E-state index < -0.39 is 0 Å². The molecule has 0 saturated carbocycles. The second-order valence-corrected chi connectivity index (χ2v) is 9.04. The fourth-order valence-corrected chi connectivity index (χ4v) is 4.99. The summed E-state index contributed by atoms with van der Waals surface area (Å²) < 4.78 is 5.47. The van der Waals surface area contributed by atoms with Crippen molar-refractivity contribution in [3.05, 3.63) is 67.6 Å². The summed E-state index contributed by atoms with van der Waals surface area (Å²) in [5.74, 6) is 0.556. The van der Waals surface area contributed by atoms with Crippen LogP contribution in [0.5, 0.6) is 0 Å². The molecule has 1 aliphatic heterocycles. The van der Waals surface area contributed by atoms with Crippen molar-refractivity contribution in [3.8, 4) is 0 Å². The minimum Gasteiger partial charge on any atom is -0.460 e. The number of carbonyl (C=O) groups is 1. The second kappa shape index (κ2) is 9.73. The molecule has 0 amide bonds. The summed E-state index contributed by atoms with van der Waals surface area (Å²) in [7, 11) is 0. The molecule has 1 aliphatic rings. The van der Waals surface area contributed by atoms with Gasteiger partial charge in [-0.05, 0) is 24.3 Å². The third-order valence-corrected chi connectivity index (χ3v) is 6.86. The van der Waals surface area contributed by atoms with Gasteiger partial charge in [0, 0.05) is 56.6 Å². The predicted molar refractivity (Wildman–Crippen MR) is 114 cm³/mol. The van der Waals surface area contributed by atoms with Crippen LogP contribution in [0.25, 0.3) is 0 Å². The van der Waals surface area contributed by atoms with Crippen molar-refractivity contribution in [2.24, 2.45) is 0 Å². The smallest absolute Gasteiger partial charge is 0.320 e. The van der Waals surface area contributed by atoms with Crippen LogP contribution >= 0.6 is 58.2 Å². The lowest BCUT2D eigenvalue weighted by Gasteiger charge is -2.31. The standard InChI is InChI=1S/C19H17Cl4NO2S/c20-14-3-1-4-15(21)12(14)9-24-7-8-27-18(10-24)19(25)26-11-13-16(22)5-2-6-17(13)23/h1-6,18H,7-11H2. The lowest BCUT2D eigenvalue weighted by Crippen LogP contribution is -2.41. The number of hydrogen-bond donors (Lipinski definition) is 0. The maximum atomic E-state index is 12.5. The summed E-state index contributed by atoms with van der Waals surface area (Å²) in [5, 5.41) is 1.96. The maximum absolute atomic E-state index is 12.5. The molecule has 1 heterocycles. The second-order valence-electron chi connectivity index (χ2n) is 6.10. The number of rotatable bonds is 5. The average Bonchev–Trinajstić information content (AvgIpc) is 2.64. The first-order valence-electron chi connectivity index (χ1n) is 8.32. The Labute approximate surface area is 182 Å². The Morgan fingerprint density at radius 3 is 2.15 bits per heavy atom. The van der Waals surface area contributed by atoms with E-state index in [1.54, 1.807) is 30.0 Å². The van der Waals surface area contributed by atoms with Crippen molar-refractivity contribution in [2.75, 3.05) is 18.8 Å². The molecule has 0 bridgehead atoms. The molecule has 0 N–H and O–H groups in total. The van der Waals surface area contributed by atoms with Gasteiger partial charge in [0.1, 0.15) is 11.9 Å². The Morgan fingerprint density at radius 1 is 1.00 bits per heavy atom. The molecule has 0 radical (unpaired) electrons. The molecule has 27 heavy (non-hydrogen) atoms. The molecule has 2 aromatic carbocycles. The highest BCUT2D eigenvalue weighted by molar-refractivity contribution is 8.00. The highest BCUT2D eigenvalue weighted by Crippen LogP contribution is 2.29. The normalized spacial score (nSPS) is 17.7. The SMILES string of the molecule is O=C(OCc1c(Cl)cccc1Cl)C1CN(Cc2c(Cl)cccc2Cl)CCS1. The number of benzene rings is 2. The van der Waals surface area contributed by atoms with E-state index in [0.29, 0.717) is 38.7 Å². The molecule has 0 aromatic heterocycles. The first-order chi connectivity index (χ1) is 13.0. The van der Waals surface area contributed by atoms with E-state index in [0.717, 1.165) is 17.9 Å². The Kier molecular flexibility index (Phi) is 7.60. The van der Waals surface area contributed by atoms with Crippen molar-refractivity contribution in [3.63, 3.8) is 0 Å². The number of esters is 1. The Balaban J connectivity index is 1.60. The number of hydrogen-bond acceptors (Lipinski definition) is 4. The fourth-order valence-electron chi connectivity index (χ4n) is 2.80. The number of thioether (sulfide) groups is 1. The maximum Gasteiger partial charge on any atom is 0.320 e. The van der Waals surface area contributed by atoms with Crippen LogP contribution in [0.15, 0.2) is 36.4 Å². The average molecular weight is 465 g/mol. The number of ether oxygens (including phenoxy) is 1. The predicted octanol–water partition coefficient (Wildman–Crippen LogP) is 5.96. The fraction of sp³-hybridized carbons (Fsp3) is 0.316. The molecule has 8 heteroatoms. The van der Waals surface area contributed by atoms with Crippen LogP contribution < -0.4 is 0 Å². The van der Waals surface area contributed by atoms with Crippen LogP contribution in [0.4, 0.5) is 0 Å². The summed E-state index contributed by atoms with van der Waals surface area (Å²) in [6, 6.07) is 10.7. The molecular weight excluding hydrogens is 448 g/mol. The van der Waals surface area contributed by atoms with E-state index in [1.807, 2.05) is 18.2 Å². The zero-order chi connectivity index (χ0) is 19.4. The molecule has 1 saturated heterocycles. The molecule has 2 aromatic rings. The summed E-state index contributed by atoms with van der Waals surface area (Å²) >= 11 is 26.4. The molecule has 1 fully saturated rings. The summed E-state index contributed by atoms with van der Waals surface area (Å²) in [5.41, 5.74) is 1.50. The molecule has 1 unspecified atom stereocenters. The molecule has 3 rings (SSSR count). The topological polar surface area (TPSA) is 29.5 Å². The molecule has 0 spiro atoms. The zero-order valence-electron chi connectivity index (χ0n) is 14.3. The van der Waals surface area contributed by atoms with Gasteiger partial charge in [0.15, 0.2) is 0 Å². The van der Waals surface area contributed by atoms with Gasteiger partial charge in [-0.2, -0.15) is 0 Å². The highest BCUT2D eigenvalue weighted by atomic mass is 35.5. The van der Waals surface area contributed by atoms with Crippen LogP contribution in [0.3, 0.4) is 0 Å². The van der Waals surface area contributed by atoms with Gasteiger partial charge < -0.3 is 4.74 Å². The van der Waals surface area contributed by atoms with Crippen molar-refractivity contribution in [2.45, 2.75) is 18.4 Å². The van der Waals surface area contributed by atoms with E-state index in [2.05, 4.69) is 4.90 Å². The number of halogens is 4. The van der Waals surface area contributed by atoms with Crippen molar-refractivity contribution < 1.29 is 9.53 Å². The summed E-state index contributed by atoms with van der Waals surface area (Å²) in [6.07, 6.45) is 0. The van der Waals surface area contributed by atoms with Crippen molar-refractivity contribution in [1.82, 2.24) is 4.90 Å². The van der Waals surface area contributed by atoms with E-state index in [4.69, 9.17) is 51.1 Å². The van der Waals surface area contributed by atoms with Crippen molar-refractivity contribution in [1.29, 1.82) is 0 Å². The molecule has 0 aliphatic carbocycles. The van der Waals surface area contributed by atoms with E-state index in [-0.39, 0.29) is 17.8 Å². The van der Waals surface area contributed by atoms with Gasteiger partial charge in [0.05, 0.1) is 0 Å². The van der Waals surface area contributed by atoms with Crippen molar-refractivity contribution >= 4 is 64.1 Å². The van der Waals surface area contributed by atoms with Gasteiger partial charge >= 0.3 is 5.97 Å². The van der Waals surface area contributed by atoms with Crippen LogP contribution in [-0.4, -0.2) is 35.0 Å². The van der Waals surface area contributed by atoms with Crippen LogP contribution in [0.2, 0.25) is 20.1 Å². The lowest BCUT2D eigenvalue weighted by atomic mass is 10.2. The van der Waals surface area contributed by atoms with E-state index >= 15 is 0 Å². The monoisotopic (exact) mass is 463 g/mol. The lowest BCUT2D eigenvalue weighted by molar-refractivity contribution is -0.144. The molecular formula is C19H17Cl4NO2S. The van der Waals surface area contributed by atoms with Gasteiger partial charge in [0.25, 0.3) is 0 Å². The number of carbonyl (C=O) groups excluding carboxylic acids is 1. The minimum atomic E-state index is -0.277. The highest BCUT2D eigenvalue weighted by Gasteiger charge is 2.28. The van der Waals surface area contributed by atoms with Gasteiger partial charge in [-0.3, -0.25) is 9.69 Å². The summed E-state index contributed by atoms with van der Waals surface area (Å²) in [6.45, 7) is 2.08. The largest absolute Gasteiger partial charge is 0.460 e. The third-order valence-electron chi connectivity index (χ3n) is 4.28. The van der Waals surface area contributed by atoms with Crippen LogP contribution in [0.1, 0.15) is 11.1 Å². The zero-order valence-corrected chi connectivity index (χ0v) is 18.1. The van der Waals surface area contributed by atoms with E-state index in [1.165, 1.54) is 0 Å². The minimum absolute atomic E-state index is 0.0603. The van der Waals surface area contributed by atoms with Gasteiger partial charge in [-0.25, -0.2) is 0 Å². The molecule has 3 nitrogen and oxygen atoms in total. The van der Waals surface area contributed by atoms with Crippen LogP contribution in [-0.2, 0) is 22.7 Å². The Bertz CT molecular complexity index is 793. The van der Waals surface area contributed by atoms with Gasteiger partial charge in [-0.15, -0.1) is 11.8 Å². The van der Waals surface area contributed by atoms with E-state index in [9.17, 15) is 4.79 Å². The van der Waals surface area contributed by atoms with Crippen LogP contribution in [0, 0.1) is 0 Å². The quantitative estimate of drug-likeness (QED) is 0.510. The Morgan fingerprint density at radius 2 is 1.56 bits per heavy atom. The third kappa shape index (κ3) is 5.47. The summed E-state index contributed by atoms with van der Waals surface area (Å²) in [4.78, 5) is 14.7. The van der Waals surface area contributed by atoms with Gasteiger partial charge in [0.2, 0.25) is 0 Å². The number of nitrogens with zero attached hydrogens (tertiary/aromatic N) is 1.